The molecule has 0 aliphatic rings. The lowest BCUT2D eigenvalue weighted by Crippen LogP contribution is -1.87. The number of hydrogen-bond donors (Lipinski definition) is 1. The largest absolute Gasteiger partial charge is 0.392 e. The fourth-order valence-electron chi connectivity index (χ4n) is 1.12. The Morgan fingerprint density at radius 1 is 1.27 bits per heavy atom. The molecule has 2 heteroatoms. The molecule has 1 nitrogen and oxygen atoms in total. The maximum atomic E-state index is 8.87. The van der Waals surface area contributed by atoms with E-state index in [-0.39, 0.29) is 6.61 Å². The summed E-state index contributed by atoms with van der Waals surface area (Å²) in [7, 11) is 0. The summed E-state index contributed by atoms with van der Waals surface area (Å²) in [6.07, 6.45) is 0. The van der Waals surface area contributed by atoms with Crippen LogP contribution in [0.15, 0.2) is 18.2 Å². The van der Waals surface area contributed by atoms with Crippen LogP contribution in [0, 0.1) is 6.92 Å². The molecule has 1 aromatic carbocycles. The highest BCUT2D eigenvalue weighted by Gasteiger charge is 1.95. The fraction of sp³-hybridized carbons (Fsp3) is 0.333. The first-order valence-corrected chi connectivity index (χ1v) is 4.64. The van der Waals surface area contributed by atoms with Gasteiger partial charge in [-0.25, -0.2) is 0 Å². The van der Waals surface area contributed by atoms with Crippen LogP contribution in [0.1, 0.15) is 16.7 Å². The molecule has 1 N–H and O–H groups in total. The third kappa shape index (κ3) is 2.31. The molecule has 1 aromatic rings. The highest BCUT2D eigenvalue weighted by atomic mass is 79.9. The van der Waals surface area contributed by atoms with Crippen molar-refractivity contribution in [2.24, 2.45) is 0 Å². The molecule has 0 saturated carbocycles. The van der Waals surface area contributed by atoms with Gasteiger partial charge in [-0.3, -0.25) is 0 Å². The second-order valence-electron chi connectivity index (χ2n) is 2.62. The van der Waals surface area contributed by atoms with Crippen molar-refractivity contribution in [1.29, 1.82) is 0 Å². The molecular weight excluding hydrogens is 204 g/mol. The maximum absolute atomic E-state index is 8.87. The summed E-state index contributed by atoms with van der Waals surface area (Å²) >= 11 is 3.37. The lowest BCUT2D eigenvalue weighted by Gasteiger charge is -2.01. The Labute approximate surface area is 75.2 Å². The van der Waals surface area contributed by atoms with Gasteiger partial charge in [0.1, 0.15) is 0 Å². The zero-order chi connectivity index (χ0) is 8.27. The van der Waals surface area contributed by atoms with E-state index in [1.54, 1.807) is 0 Å². The molecule has 0 radical (unpaired) electrons. The van der Waals surface area contributed by atoms with Crippen LogP contribution in [0.5, 0.6) is 0 Å². The Kier molecular flexibility index (Phi) is 3.09. The second kappa shape index (κ2) is 3.88. The minimum absolute atomic E-state index is 0.127. The molecule has 11 heavy (non-hydrogen) atoms. The van der Waals surface area contributed by atoms with E-state index in [9.17, 15) is 0 Å². The summed E-state index contributed by atoms with van der Waals surface area (Å²) in [6.45, 7) is 2.16. The number of aryl methyl sites for hydroxylation is 1. The number of hydrogen-bond acceptors (Lipinski definition) is 1. The van der Waals surface area contributed by atoms with Gasteiger partial charge in [-0.1, -0.05) is 39.7 Å². The van der Waals surface area contributed by atoms with Crippen LogP contribution in [0.4, 0.5) is 0 Å². The zero-order valence-electron chi connectivity index (χ0n) is 6.47. The van der Waals surface area contributed by atoms with Crippen molar-refractivity contribution in [3.05, 3.63) is 34.9 Å². The Bertz CT molecular complexity index is 223. The molecule has 0 spiro atoms. The highest BCUT2D eigenvalue weighted by molar-refractivity contribution is 9.08. The standard InChI is InChI=1S/C9H11BrO/c1-7-2-8(5-10)4-9(3-7)6-11/h2-4,11H,5-6H2,1H3. The van der Waals surface area contributed by atoms with Gasteiger partial charge in [-0.05, 0) is 18.1 Å². The normalized spacial score (nSPS) is 10.1. The maximum Gasteiger partial charge on any atom is 0.0682 e. The van der Waals surface area contributed by atoms with Gasteiger partial charge in [-0.2, -0.15) is 0 Å². The van der Waals surface area contributed by atoms with Gasteiger partial charge in [0.2, 0.25) is 0 Å². The summed E-state index contributed by atoms with van der Waals surface area (Å²) in [5.74, 6) is 0. The van der Waals surface area contributed by atoms with Crippen molar-refractivity contribution in [3.8, 4) is 0 Å². The predicted octanol–water partition coefficient (Wildman–Crippen LogP) is 2.38. The summed E-state index contributed by atoms with van der Waals surface area (Å²) < 4.78 is 0. The van der Waals surface area contributed by atoms with Crippen molar-refractivity contribution >= 4 is 15.9 Å². The van der Waals surface area contributed by atoms with Gasteiger partial charge in [0.25, 0.3) is 0 Å². The van der Waals surface area contributed by atoms with E-state index in [0.29, 0.717) is 0 Å². The lowest BCUT2D eigenvalue weighted by atomic mass is 10.1. The minimum atomic E-state index is 0.127. The van der Waals surface area contributed by atoms with Crippen molar-refractivity contribution in [1.82, 2.24) is 0 Å². The molecule has 0 atom stereocenters. The monoisotopic (exact) mass is 214 g/mol. The predicted molar refractivity (Wildman–Crippen MR) is 49.7 cm³/mol. The number of alkyl halides is 1. The molecule has 0 saturated heterocycles. The van der Waals surface area contributed by atoms with Gasteiger partial charge in [0.15, 0.2) is 0 Å². The average molecular weight is 215 g/mol. The Morgan fingerprint density at radius 2 is 1.91 bits per heavy atom. The van der Waals surface area contributed by atoms with E-state index in [4.69, 9.17) is 5.11 Å². The molecule has 0 fully saturated rings. The van der Waals surface area contributed by atoms with E-state index in [2.05, 4.69) is 22.0 Å². The Balaban J connectivity index is 3.02. The molecule has 0 heterocycles. The van der Waals surface area contributed by atoms with Crippen molar-refractivity contribution in [2.45, 2.75) is 18.9 Å². The van der Waals surface area contributed by atoms with E-state index in [1.807, 2.05) is 19.1 Å². The first-order chi connectivity index (χ1) is 5.26. The van der Waals surface area contributed by atoms with Crippen LogP contribution in [-0.4, -0.2) is 5.11 Å². The quantitative estimate of drug-likeness (QED) is 0.751. The van der Waals surface area contributed by atoms with Gasteiger partial charge < -0.3 is 5.11 Å². The molecule has 0 aromatic heterocycles. The molecule has 60 valence electrons. The topological polar surface area (TPSA) is 20.2 Å². The van der Waals surface area contributed by atoms with Crippen LogP contribution in [0.2, 0.25) is 0 Å². The smallest absolute Gasteiger partial charge is 0.0682 e. The zero-order valence-corrected chi connectivity index (χ0v) is 8.06. The Hall–Kier alpha value is -0.340. The number of rotatable bonds is 2. The number of halogens is 1. The summed E-state index contributed by atoms with van der Waals surface area (Å²) in [5, 5.41) is 9.72. The van der Waals surface area contributed by atoms with E-state index in [0.717, 1.165) is 10.9 Å². The van der Waals surface area contributed by atoms with Crippen molar-refractivity contribution < 1.29 is 5.11 Å². The molecular formula is C9H11BrO. The minimum Gasteiger partial charge on any atom is -0.392 e. The van der Waals surface area contributed by atoms with Crippen LogP contribution in [0.3, 0.4) is 0 Å². The number of aliphatic hydroxyl groups excluding tert-OH is 1. The third-order valence-corrected chi connectivity index (χ3v) is 2.18. The molecule has 0 unspecified atom stereocenters. The van der Waals surface area contributed by atoms with E-state index < -0.39 is 0 Å². The second-order valence-corrected chi connectivity index (χ2v) is 3.18. The van der Waals surface area contributed by atoms with Crippen molar-refractivity contribution in [2.75, 3.05) is 0 Å². The summed E-state index contributed by atoms with van der Waals surface area (Å²) in [6, 6.07) is 6.10. The van der Waals surface area contributed by atoms with Crippen LogP contribution in [0.25, 0.3) is 0 Å². The fourth-order valence-corrected chi connectivity index (χ4v) is 1.44. The van der Waals surface area contributed by atoms with Crippen LogP contribution < -0.4 is 0 Å². The summed E-state index contributed by atoms with van der Waals surface area (Å²) in [5.41, 5.74) is 3.40. The van der Waals surface area contributed by atoms with Gasteiger partial charge in [0, 0.05) is 5.33 Å². The highest BCUT2D eigenvalue weighted by Crippen LogP contribution is 2.12. The van der Waals surface area contributed by atoms with E-state index >= 15 is 0 Å². The molecule has 0 aliphatic carbocycles. The number of aliphatic hydroxyl groups is 1. The summed E-state index contributed by atoms with van der Waals surface area (Å²) in [4.78, 5) is 0. The van der Waals surface area contributed by atoms with Gasteiger partial charge >= 0.3 is 0 Å². The van der Waals surface area contributed by atoms with Crippen LogP contribution in [-0.2, 0) is 11.9 Å². The molecule has 0 aliphatic heterocycles. The lowest BCUT2D eigenvalue weighted by molar-refractivity contribution is 0.281. The SMILES string of the molecule is Cc1cc(CO)cc(CBr)c1. The average Bonchev–Trinajstić information content (AvgIpc) is 2.03. The number of benzene rings is 1. The first kappa shape index (κ1) is 8.75. The van der Waals surface area contributed by atoms with Crippen LogP contribution >= 0.6 is 15.9 Å². The van der Waals surface area contributed by atoms with Gasteiger partial charge in [-0.15, -0.1) is 0 Å². The molecule has 0 bridgehead atoms. The molecule has 1 rings (SSSR count). The molecule has 0 amide bonds. The third-order valence-electron chi connectivity index (χ3n) is 1.53. The first-order valence-electron chi connectivity index (χ1n) is 3.52. The van der Waals surface area contributed by atoms with Gasteiger partial charge in [0.05, 0.1) is 6.61 Å². The Morgan fingerprint density at radius 3 is 2.45 bits per heavy atom. The van der Waals surface area contributed by atoms with E-state index in [1.165, 1.54) is 11.1 Å². The van der Waals surface area contributed by atoms with Crippen molar-refractivity contribution in [3.63, 3.8) is 0 Å².